The minimum Gasteiger partial charge on any atom is -0.464 e. The number of furan rings is 1. The molecule has 0 radical (unpaired) electrons. The van der Waals surface area contributed by atoms with Gasteiger partial charge in [0.2, 0.25) is 0 Å². The lowest BCUT2D eigenvalue weighted by Gasteiger charge is -2.30. The Bertz CT molecular complexity index is 540. The Kier molecular flexibility index (Phi) is 3.93. The van der Waals surface area contributed by atoms with Crippen molar-refractivity contribution in [3.63, 3.8) is 0 Å². The summed E-state index contributed by atoms with van der Waals surface area (Å²) in [6.07, 6.45) is 2.63. The van der Waals surface area contributed by atoms with Gasteiger partial charge in [-0.15, -0.1) is 12.4 Å². The summed E-state index contributed by atoms with van der Waals surface area (Å²) in [6, 6.07) is 5.11. The molecule has 0 saturated carbocycles. The van der Waals surface area contributed by atoms with E-state index in [9.17, 15) is 4.39 Å². The SMILES string of the molecule is C[C@H]1CNCC[C@H]1c1c(F)ccc2occc12.Cl. The maximum atomic E-state index is 14.1. The van der Waals surface area contributed by atoms with Crippen LogP contribution in [0.5, 0.6) is 0 Å². The van der Waals surface area contributed by atoms with Gasteiger partial charge >= 0.3 is 0 Å². The van der Waals surface area contributed by atoms with E-state index in [-0.39, 0.29) is 24.1 Å². The van der Waals surface area contributed by atoms with Crippen molar-refractivity contribution >= 4 is 23.4 Å². The van der Waals surface area contributed by atoms with Crippen LogP contribution in [-0.2, 0) is 0 Å². The molecule has 1 aliphatic heterocycles. The van der Waals surface area contributed by atoms with Crippen molar-refractivity contribution in [2.45, 2.75) is 19.3 Å². The molecule has 1 fully saturated rings. The molecule has 0 bridgehead atoms. The van der Waals surface area contributed by atoms with E-state index >= 15 is 0 Å². The molecule has 2 aromatic rings. The largest absolute Gasteiger partial charge is 0.464 e. The quantitative estimate of drug-likeness (QED) is 0.854. The fourth-order valence-corrected chi connectivity index (χ4v) is 2.86. The maximum absolute atomic E-state index is 14.1. The molecule has 1 saturated heterocycles. The molecule has 1 aromatic heterocycles. The summed E-state index contributed by atoms with van der Waals surface area (Å²) < 4.78 is 19.5. The van der Waals surface area contributed by atoms with Gasteiger partial charge in [-0.2, -0.15) is 0 Å². The highest BCUT2D eigenvalue weighted by molar-refractivity contribution is 5.85. The van der Waals surface area contributed by atoms with Crippen LogP contribution in [0.1, 0.15) is 24.8 Å². The van der Waals surface area contributed by atoms with E-state index in [0.717, 1.165) is 36.0 Å². The summed E-state index contributed by atoms with van der Waals surface area (Å²) in [6.45, 7) is 4.09. The number of piperidine rings is 1. The smallest absolute Gasteiger partial charge is 0.134 e. The minimum atomic E-state index is -0.0994. The second-order valence-electron chi connectivity index (χ2n) is 4.87. The predicted molar refractivity (Wildman–Crippen MR) is 72.8 cm³/mol. The standard InChI is InChI=1S/C14H16FNO.ClH/c1-9-8-16-6-4-10(9)14-11-5-7-17-13(11)3-2-12(14)15;/h2-3,5,7,9-10,16H,4,6,8H2,1H3;1H/t9-,10+;/m0./s1. The van der Waals surface area contributed by atoms with Crippen LogP contribution in [0.3, 0.4) is 0 Å². The summed E-state index contributed by atoms with van der Waals surface area (Å²) in [5.74, 6) is 0.647. The molecule has 0 unspecified atom stereocenters. The summed E-state index contributed by atoms with van der Waals surface area (Å²) in [4.78, 5) is 0. The fourth-order valence-electron chi connectivity index (χ4n) is 2.86. The summed E-state index contributed by atoms with van der Waals surface area (Å²) in [7, 11) is 0. The molecule has 2 atom stereocenters. The van der Waals surface area contributed by atoms with Crippen LogP contribution in [0.2, 0.25) is 0 Å². The average molecular weight is 270 g/mol. The van der Waals surface area contributed by atoms with Gasteiger partial charge in [0.25, 0.3) is 0 Å². The minimum absolute atomic E-state index is 0. The third-order valence-electron chi connectivity index (χ3n) is 3.78. The van der Waals surface area contributed by atoms with Crippen molar-refractivity contribution in [2.75, 3.05) is 13.1 Å². The molecule has 0 spiro atoms. The van der Waals surface area contributed by atoms with Crippen molar-refractivity contribution in [1.82, 2.24) is 5.32 Å². The zero-order chi connectivity index (χ0) is 11.8. The third-order valence-corrected chi connectivity index (χ3v) is 3.78. The lowest BCUT2D eigenvalue weighted by molar-refractivity contribution is 0.343. The van der Waals surface area contributed by atoms with Crippen LogP contribution < -0.4 is 5.32 Å². The van der Waals surface area contributed by atoms with Crippen molar-refractivity contribution in [3.8, 4) is 0 Å². The molecule has 2 heterocycles. The van der Waals surface area contributed by atoms with Crippen LogP contribution in [0.4, 0.5) is 4.39 Å². The molecule has 3 rings (SSSR count). The van der Waals surface area contributed by atoms with Crippen molar-refractivity contribution in [1.29, 1.82) is 0 Å². The number of benzene rings is 1. The van der Waals surface area contributed by atoms with Gasteiger partial charge in [0.15, 0.2) is 0 Å². The molecule has 1 aliphatic rings. The Morgan fingerprint density at radius 2 is 2.17 bits per heavy atom. The highest BCUT2D eigenvalue weighted by Gasteiger charge is 2.27. The van der Waals surface area contributed by atoms with E-state index in [1.54, 1.807) is 12.3 Å². The highest BCUT2D eigenvalue weighted by atomic mass is 35.5. The first-order valence-corrected chi connectivity index (χ1v) is 6.13. The first kappa shape index (κ1) is 13.4. The third kappa shape index (κ3) is 2.13. The Balaban J connectivity index is 0.00000120. The second-order valence-corrected chi connectivity index (χ2v) is 4.87. The van der Waals surface area contributed by atoms with E-state index in [0.29, 0.717) is 5.92 Å². The van der Waals surface area contributed by atoms with Gasteiger partial charge in [-0.1, -0.05) is 6.92 Å². The predicted octanol–water partition coefficient (Wildman–Crippen LogP) is 3.71. The maximum Gasteiger partial charge on any atom is 0.134 e. The van der Waals surface area contributed by atoms with E-state index in [1.807, 2.05) is 6.07 Å². The van der Waals surface area contributed by atoms with E-state index in [2.05, 4.69) is 12.2 Å². The summed E-state index contributed by atoms with van der Waals surface area (Å²) >= 11 is 0. The lowest BCUT2D eigenvalue weighted by Crippen LogP contribution is -2.34. The monoisotopic (exact) mass is 269 g/mol. The number of hydrogen-bond donors (Lipinski definition) is 1. The first-order valence-electron chi connectivity index (χ1n) is 6.13. The van der Waals surface area contributed by atoms with Gasteiger partial charge in [-0.3, -0.25) is 0 Å². The number of rotatable bonds is 1. The normalized spacial score (nSPS) is 23.9. The molecular weight excluding hydrogens is 253 g/mol. The molecule has 0 amide bonds. The number of halogens is 2. The van der Waals surface area contributed by atoms with Crippen LogP contribution in [0.15, 0.2) is 28.9 Å². The van der Waals surface area contributed by atoms with Crippen LogP contribution in [0.25, 0.3) is 11.0 Å². The zero-order valence-corrected chi connectivity index (χ0v) is 11.1. The molecule has 98 valence electrons. The zero-order valence-electron chi connectivity index (χ0n) is 10.3. The van der Waals surface area contributed by atoms with Gasteiger partial charge in [-0.05, 0) is 49.5 Å². The Morgan fingerprint density at radius 1 is 1.33 bits per heavy atom. The van der Waals surface area contributed by atoms with Crippen molar-refractivity contribution in [2.24, 2.45) is 5.92 Å². The van der Waals surface area contributed by atoms with Gasteiger partial charge in [0, 0.05) is 10.9 Å². The molecule has 1 aromatic carbocycles. The Labute approximate surface area is 112 Å². The van der Waals surface area contributed by atoms with Gasteiger partial charge in [0.05, 0.1) is 6.26 Å². The Hall–Kier alpha value is -1.06. The number of fused-ring (bicyclic) bond motifs is 1. The van der Waals surface area contributed by atoms with Gasteiger partial charge in [0.1, 0.15) is 11.4 Å². The average Bonchev–Trinajstić information content (AvgIpc) is 2.79. The van der Waals surface area contributed by atoms with Crippen LogP contribution >= 0.6 is 12.4 Å². The second kappa shape index (κ2) is 5.29. The number of nitrogens with one attached hydrogen (secondary N) is 1. The van der Waals surface area contributed by atoms with E-state index < -0.39 is 0 Å². The summed E-state index contributed by atoms with van der Waals surface area (Å²) in [5.41, 5.74) is 1.62. The van der Waals surface area contributed by atoms with Crippen molar-refractivity contribution in [3.05, 3.63) is 35.8 Å². The Morgan fingerprint density at radius 3 is 2.94 bits per heavy atom. The van der Waals surface area contributed by atoms with Crippen LogP contribution in [0, 0.1) is 11.7 Å². The summed E-state index contributed by atoms with van der Waals surface area (Å²) in [5, 5.41) is 4.28. The molecule has 1 N–H and O–H groups in total. The molecule has 0 aliphatic carbocycles. The number of hydrogen-bond acceptors (Lipinski definition) is 2. The molecule has 4 heteroatoms. The molecular formula is C14H17ClFNO. The van der Waals surface area contributed by atoms with Gasteiger partial charge in [-0.25, -0.2) is 4.39 Å². The molecule has 2 nitrogen and oxygen atoms in total. The van der Waals surface area contributed by atoms with Crippen molar-refractivity contribution < 1.29 is 8.81 Å². The fraction of sp³-hybridized carbons (Fsp3) is 0.429. The highest BCUT2D eigenvalue weighted by Crippen LogP contribution is 2.36. The van der Waals surface area contributed by atoms with E-state index in [1.165, 1.54) is 6.07 Å². The lowest BCUT2D eigenvalue weighted by atomic mass is 9.81. The topological polar surface area (TPSA) is 25.2 Å². The molecule has 18 heavy (non-hydrogen) atoms. The van der Waals surface area contributed by atoms with Crippen LogP contribution in [-0.4, -0.2) is 13.1 Å². The van der Waals surface area contributed by atoms with Gasteiger partial charge < -0.3 is 9.73 Å². The first-order chi connectivity index (χ1) is 8.27. The van der Waals surface area contributed by atoms with E-state index in [4.69, 9.17) is 4.42 Å².